The van der Waals surface area contributed by atoms with E-state index in [9.17, 15) is 4.79 Å². The van der Waals surface area contributed by atoms with Crippen LogP contribution in [0.4, 0.5) is 0 Å². The molecule has 0 atom stereocenters. The number of fused-ring (bicyclic) bond motifs is 1. The molecule has 2 heterocycles. The number of rotatable bonds is 8. The lowest BCUT2D eigenvalue weighted by Gasteiger charge is -2.16. The maximum absolute atomic E-state index is 12.7. The summed E-state index contributed by atoms with van der Waals surface area (Å²) < 4.78 is 22.0. The van der Waals surface area contributed by atoms with E-state index >= 15 is 0 Å². The van der Waals surface area contributed by atoms with Crippen molar-refractivity contribution in [3.63, 3.8) is 0 Å². The normalized spacial score (nSPS) is 11.8. The smallest absolute Gasteiger partial charge is 0.261 e. The fourth-order valence-electron chi connectivity index (χ4n) is 4.14. The van der Waals surface area contributed by atoms with Crippen molar-refractivity contribution < 1.29 is 23.2 Å². The summed E-state index contributed by atoms with van der Waals surface area (Å²) in [4.78, 5) is 12.7. The molecule has 0 aliphatic heterocycles. The largest absolute Gasteiger partial charge is 0.496 e. The molecule has 0 aliphatic carbocycles. The highest BCUT2D eigenvalue weighted by Gasteiger charge is 2.20. The van der Waals surface area contributed by atoms with Gasteiger partial charge in [0.1, 0.15) is 5.75 Å². The third-order valence-corrected chi connectivity index (χ3v) is 6.29. The van der Waals surface area contributed by atoms with Gasteiger partial charge in [-0.2, -0.15) is 0 Å². The van der Waals surface area contributed by atoms with Crippen molar-refractivity contribution in [2.75, 3.05) is 20.5 Å². The summed E-state index contributed by atoms with van der Waals surface area (Å²) in [5.41, 5.74) is 5.82. The Labute approximate surface area is 207 Å². The zero-order chi connectivity index (χ0) is 25.1. The van der Waals surface area contributed by atoms with E-state index in [1.807, 2.05) is 38.1 Å². The zero-order valence-electron chi connectivity index (χ0n) is 20.6. The van der Waals surface area contributed by atoms with E-state index in [2.05, 4.69) is 21.4 Å². The fraction of sp³-hybridized carbons (Fsp3) is 0.308. The van der Waals surface area contributed by atoms with Crippen molar-refractivity contribution in [2.45, 2.75) is 33.6 Å². The van der Waals surface area contributed by atoms with E-state index < -0.39 is 0 Å². The number of aryl methyl sites for hydroxylation is 4. The molecule has 0 aliphatic rings. The molecule has 8 nitrogen and oxygen atoms in total. The van der Waals surface area contributed by atoms with Crippen LogP contribution < -0.4 is 9.47 Å². The van der Waals surface area contributed by atoms with Gasteiger partial charge in [0.05, 0.1) is 25.2 Å². The molecule has 0 fully saturated rings. The SMILES string of the molecule is COc1c(C)cc(/C(=C\CCc2nnc(C)o2)c2cc(C)c3onc(OC)c3c2)cc1C(=O)SC. The van der Waals surface area contributed by atoms with E-state index in [4.69, 9.17) is 18.4 Å². The van der Waals surface area contributed by atoms with Crippen LogP contribution in [-0.2, 0) is 6.42 Å². The number of allylic oxidation sites excluding steroid dienone is 1. The van der Waals surface area contributed by atoms with Gasteiger partial charge in [-0.25, -0.2) is 0 Å². The first kappa shape index (κ1) is 24.5. The summed E-state index contributed by atoms with van der Waals surface area (Å²) in [5.74, 6) is 2.13. The topological polar surface area (TPSA) is 100 Å². The number of hydrogen-bond donors (Lipinski definition) is 0. The summed E-state index contributed by atoms with van der Waals surface area (Å²) in [7, 11) is 3.15. The maximum Gasteiger partial charge on any atom is 0.261 e. The van der Waals surface area contributed by atoms with Gasteiger partial charge in [-0.1, -0.05) is 17.8 Å². The van der Waals surface area contributed by atoms with Gasteiger partial charge in [0.15, 0.2) is 5.58 Å². The van der Waals surface area contributed by atoms with Crippen molar-refractivity contribution in [1.82, 2.24) is 15.4 Å². The first-order chi connectivity index (χ1) is 16.9. The molecule has 0 radical (unpaired) electrons. The highest BCUT2D eigenvalue weighted by Crippen LogP contribution is 2.36. The number of thioether (sulfide) groups is 1. The minimum atomic E-state index is -0.0557. The second kappa shape index (κ2) is 10.4. The van der Waals surface area contributed by atoms with Gasteiger partial charge in [0.2, 0.25) is 16.9 Å². The Bertz CT molecular complexity index is 1420. The van der Waals surface area contributed by atoms with Gasteiger partial charge >= 0.3 is 0 Å². The molecule has 182 valence electrons. The molecule has 0 unspecified atom stereocenters. The highest BCUT2D eigenvalue weighted by molar-refractivity contribution is 8.13. The number of methoxy groups -OCH3 is 2. The Morgan fingerprint density at radius 1 is 1.03 bits per heavy atom. The van der Waals surface area contributed by atoms with E-state index in [0.717, 1.165) is 45.0 Å². The Morgan fingerprint density at radius 2 is 1.77 bits per heavy atom. The van der Waals surface area contributed by atoms with Gasteiger partial charge in [-0.15, -0.1) is 10.2 Å². The molecular formula is C26H27N3O5S. The third kappa shape index (κ3) is 4.95. The fourth-order valence-corrected chi connectivity index (χ4v) is 4.51. The Balaban J connectivity index is 1.87. The zero-order valence-corrected chi connectivity index (χ0v) is 21.4. The first-order valence-corrected chi connectivity index (χ1v) is 12.3. The number of nitrogens with zero attached hydrogens (tertiary/aromatic N) is 3. The second-order valence-corrected chi connectivity index (χ2v) is 8.88. The van der Waals surface area contributed by atoms with Crippen LogP contribution in [0.2, 0.25) is 0 Å². The number of hydrogen-bond acceptors (Lipinski definition) is 9. The minimum Gasteiger partial charge on any atom is -0.496 e. The van der Waals surface area contributed by atoms with Gasteiger partial charge in [-0.05, 0) is 83.8 Å². The van der Waals surface area contributed by atoms with Crippen molar-refractivity contribution in [1.29, 1.82) is 0 Å². The molecule has 0 bridgehead atoms. The molecule has 2 aromatic carbocycles. The predicted molar refractivity (Wildman–Crippen MR) is 135 cm³/mol. The maximum atomic E-state index is 12.7. The molecule has 4 rings (SSSR count). The number of carbonyl (C=O) groups excluding carboxylic acids is 1. The summed E-state index contributed by atoms with van der Waals surface area (Å²) >= 11 is 1.16. The quantitative estimate of drug-likeness (QED) is 0.305. The van der Waals surface area contributed by atoms with Crippen LogP contribution in [0.3, 0.4) is 0 Å². The van der Waals surface area contributed by atoms with Crippen LogP contribution >= 0.6 is 11.8 Å². The molecular weight excluding hydrogens is 466 g/mol. The molecule has 0 spiro atoms. The lowest BCUT2D eigenvalue weighted by molar-refractivity contribution is 0.108. The lowest BCUT2D eigenvalue weighted by Crippen LogP contribution is -2.02. The van der Waals surface area contributed by atoms with E-state index in [-0.39, 0.29) is 5.12 Å². The van der Waals surface area contributed by atoms with Crippen LogP contribution in [0.15, 0.2) is 39.3 Å². The molecule has 0 saturated heterocycles. The number of benzene rings is 2. The van der Waals surface area contributed by atoms with Crippen LogP contribution in [0.1, 0.15) is 50.8 Å². The molecule has 35 heavy (non-hydrogen) atoms. The van der Waals surface area contributed by atoms with Crippen molar-refractivity contribution in [3.8, 4) is 11.6 Å². The average molecular weight is 494 g/mol. The minimum absolute atomic E-state index is 0.0557. The summed E-state index contributed by atoms with van der Waals surface area (Å²) in [6.07, 6.45) is 5.14. The van der Waals surface area contributed by atoms with Gasteiger partial charge < -0.3 is 18.4 Å². The summed E-state index contributed by atoms with van der Waals surface area (Å²) in [5, 5.41) is 12.8. The molecule has 0 amide bonds. The first-order valence-electron chi connectivity index (χ1n) is 11.1. The van der Waals surface area contributed by atoms with Gasteiger partial charge in [-0.3, -0.25) is 4.79 Å². The Kier molecular flexibility index (Phi) is 7.25. The lowest BCUT2D eigenvalue weighted by atomic mass is 9.91. The average Bonchev–Trinajstić information content (AvgIpc) is 3.46. The van der Waals surface area contributed by atoms with E-state index in [0.29, 0.717) is 47.4 Å². The molecule has 0 saturated carbocycles. The van der Waals surface area contributed by atoms with Gasteiger partial charge in [0, 0.05) is 13.3 Å². The van der Waals surface area contributed by atoms with E-state index in [1.54, 1.807) is 27.4 Å². The second-order valence-electron chi connectivity index (χ2n) is 8.10. The van der Waals surface area contributed by atoms with Crippen molar-refractivity contribution in [3.05, 3.63) is 69.9 Å². The summed E-state index contributed by atoms with van der Waals surface area (Å²) in [6, 6.07) is 7.96. The van der Waals surface area contributed by atoms with Crippen LogP contribution in [0.5, 0.6) is 11.6 Å². The highest BCUT2D eigenvalue weighted by atomic mass is 32.2. The number of carbonyl (C=O) groups is 1. The van der Waals surface area contributed by atoms with Crippen molar-refractivity contribution in [2.24, 2.45) is 0 Å². The number of aromatic nitrogens is 3. The number of ether oxygens (including phenoxy) is 2. The van der Waals surface area contributed by atoms with Crippen LogP contribution in [0, 0.1) is 20.8 Å². The Hall–Kier alpha value is -3.59. The van der Waals surface area contributed by atoms with E-state index in [1.165, 1.54) is 0 Å². The van der Waals surface area contributed by atoms with Crippen molar-refractivity contribution >= 4 is 33.4 Å². The molecule has 0 N–H and O–H groups in total. The standard InChI is InChI=1S/C26H27N3O5S/c1-14-10-18(13-21(23(14)31-4)26(30)35-6)19(8-7-9-22-28-27-16(3)33-22)17-11-15(2)24-20(12-17)25(32-5)29-34-24/h8,10-13H,7,9H2,1-6H3/b19-8-. The summed E-state index contributed by atoms with van der Waals surface area (Å²) in [6.45, 7) is 5.68. The molecule has 9 heteroatoms. The van der Waals surface area contributed by atoms with Crippen LogP contribution in [0.25, 0.3) is 16.5 Å². The predicted octanol–water partition coefficient (Wildman–Crippen LogP) is 5.72. The van der Waals surface area contributed by atoms with Gasteiger partial charge in [0.25, 0.3) is 5.88 Å². The molecule has 4 aromatic rings. The molecule has 2 aromatic heterocycles. The monoisotopic (exact) mass is 493 g/mol. The Morgan fingerprint density at radius 3 is 2.43 bits per heavy atom. The third-order valence-electron chi connectivity index (χ3n) is 5.70. The van der Waals surface area contributed by atoms with Crippen LogP contribution in [-0.4, -0.2) is 40.9 Å².